The van der Waals surface area contributed by atoms with Crippen molar-refractivity contribution in [3.63, 3.8) is 0 Å². The average Bonchev–Trinajstić information content (AvgIpc) is 2.48. The third-order valence-electron chi connectivity index (χ3n) is 2.75. The van der Waals surface area contributed by atoms with Crippen LogP contribution in [0.25, 0.3) is 0 Å². The topological polar surface area (TPSA) is 62.1 Å². The third kappa shape index (κ3) is 3.83. The zero-order valence-corrected chi connectivity index (χ0v) is 12.0. The minimum absolute atomic E-state index is 0.0185. The number of hydrogen-bond acceptors (Lipinski definition) is 3. The summed E-state index contributed by atoms with van der Waals surface area (Å²) in [6.07, 6.45) is 0.0185. The Balaban J connectivity index is 2.21. The van der Waals surface area contributed by atoms with Gasteiger partial charge in [0.05, 0.1) is 23.4 Å². The van der Waals surface area contributed by atoms with E-state index < -0.39 is 0 Å². The monoisotopic (exact) mass is 280 g/mol. The molecular weight excluding hydrogens is 264 g/mol. The maximum absolute atomic E-state index is 12.2. The number of benzene rings is 2. The maximum Gasteiger partial charge on any atom is 0.255 e. The molecule has 1 amide bonds. The number of anilines is 1. The van der Waals surface area contributed by atoms with Crippen LogP contribution < -0.4 is 10.1 Å². The lowest BCUT2D eigenvalue weighted by Gasteiger charge is -2.14. The molecule has 0 aliphatic rings. The van der Waals surface area contributed by atoms with E-state index in [1.54, 1.807) is 36.4 Å². The highest BCUT2D eigenvalue weighted by atomic mass is 16.5. The van der Waals surface area contributed by atoms with Crippen LogP contribution in [-0.2, 0) is 0 Å². The Bertz CT molecular complexity index is 687. The Morgan fingerprint density at radius 3 is 2.67 bits per heavy atom. The van der Waals surface area contributed by atoms with Crippen molar-refractivity contribution in [3.8, 4) is 11.8 Å². The fraction of sp³-hybridized carbons (Fsp3) is 0.176. The smallest absolute Gasteiger partial charge is 0.255 e. The lowest BCUT2D eigenvalue weighted by molar-refractivity contribution is 0.102. The number of ether oxygens (including phenoxy) is 1. The molecule has 0 radical (unpaired) electrons. The largest absolute Gasteiger partial charge is 0.489 e. The van der Waals surface area contributed by atoms with Gasteiger partial charge >= 0.3 is 0 Å². The van der Waals surface area contributed by atoms with E-state index in [1.165, 1.54) is 0 Å². The first-order valence-corrected chi connectivity index (χ1v) is 6.67. The number of nitrogens with one attached hydrogen (secondary N) is 1. The lowest BCUT2D eigenvalue weighted by atomic mass is 10.1. The van der Waals surface area contributed by atoms with E-state index in [9.17, 15) is 4.79 Å². The van der Waals surface area contributed by atoms with Crippen LogP contribution in [0.3, 0.4) is 0 Å². The predicted octanol–water partition coefficient (Wildman–Crippen LogP) is 3.60. The Morgan fingerprint density at radius 2 is 1.95 bits per heavy atom. The van der Waals surface area contributed by atoms with Gasteiger partial charge in [0.25, 0.3) is 5.91 Å². The second-order valence-corrected chi connectivity index (χ2v) is 4.81. The molecule has 0 unspecified atom stereocenters. The van der Waals surface area contributed by atoms with Crippen LogP contribution in [0, 0.1) is 11.3 Å². The number of rotatable bonds is 4. The molecule has 0 bridgehead atoms. The molecule has 21 heavy (non-hydrogen) atoms. The van der Waals surface area contributed by atoms with Gasteiger partial charge < -0.3 is 10.1 Å². The van der Waals surface area contributed by atoms with Gasteiger partial charge in [0.2, 0.25) is 0 Å². The fourth-order valence-corrected chi connectivity index (χ4v) is 1.85. The van der Waals surface area contributed by atoms with Gasteiger partial charge in [-0.3, -0.25) is 4.79 Å². The second kappa shape index (κ2) is 6.58. The molecule has 2 rings (SSSR count). The van der Waals surface area contributed by atoms with Crippen molar-refractivity contribution in [2.75, 3.05) is 5.32 Å². The summed E-state index contributed by atoms with van der Waals surface area (Å²) in [5, 5.41) is 11.7. The number of para-hydroxylation sites is 2. The number of nitrogens with zero attached hydrogens (tertiary/aromatic N) is 1. The first-order chi connectivity index (χ1) is 10.1. The SMILES string of the molecule is CC(C)Oc1ccccc1NC(=O)c1cccc(C#N)c1. The van der Waals surface area contributed by atoms with E-state index in [0.717, 1.165) is 0 Å². The molecule has 0 aromatic heterocycles. The molecule has 106 valence electrons. The fourth-order valence-electron chi connectivity index (χ4n) is 1.85. The predicted molar refractivity (Wildman–Crippen MR) is 81.3 cm³/mol. The second-order valence-electron chi connectivity index (χ2n) is 4.81. The van der Waals surface area contributed by atoms with Crippen LogP contribution in [0.4, 0.5) is 5.69 Å². The Hall–Kier alpha value is -2.80. The van der Waals surface area contributed by atoms with Gasteiger partial charge in [0.15, 0.2) is 0 Å². The highest BCUT2D eigenvalue weighted by Crippen LogP contribution is 2.25. The molecular formula is C17H16N2O2. The Kier molecular flexibility index (Phi) is 4.57. The molecule has 4 nitrogen and oxygen atoms in total. The van der Waals surface area contributed by atoms with E-state index in [1.807, 2.05) is 32.0 Å². The van der Waals surface area contributed by atoms with Crippen molar-refractivity contribution in [2.24, 2.45) is 0 Å². The zero-order valence-electron chi connectivity index (χ0n) is 12.0. The van der Waals surface area contributed by atoms with Crippen molar-refractivity contribution < 1.29 is 9.53 Å². The van der Waals surface area contributed by atoms with Gasteiger partial charge in [0, 0.05) is 5.56 Å². The standard InChI is InChI=1S/C17H16N2O2/c1-12(2)21-16-9-4-3-8-15(16)19-17(20)14-7-5-6-13(10-14)11-18/h3-10,12H,1-2H3,(H,19,20). The van der Waals surface area contributed by atoms with Crippen molar-refractivity contribution in [1.29, 1.82) is 5.26 Å². The van der Waals surface area contributed by atoms with Crippen LogP contribution in [0.5, 0.6) is 5.75 Å². The van der Waals surface area contributed by atoms with E-state index in [2.05, 4.69) is 5.32 Å². The molecule has 2 aromatic rings. The highest BCUT2D eigenvalue weighted by Gasteiger charge is 2.11. The van der Waals surface area contributed by atoms with Gasteiger partial charge in [-0.25, -0.2) is 0 Å². The molecule has 4 heteroatoms. The van der Waals surface area contributed by atoms with E-state index >= 15 is 0 Å². The number of nitriles is 1. The third-order valence-corrected chi connectivity index (χ3v) is 2.75. The summed E-state index contributed by atoms with van der Waals surface area (Å²) in [7, 11) is 0. The zero-order chi connectivity index (χ0) is 15.2. The first kappa shape index (κ1) is 14.6. The Morgan fingerprint density at radius 1 is 1.19 bits per heavy atom. The lowest BCUT2D eigenvalue weighted by Crippen LogP contribution is -2.14. The number of hydrogen-bond donors (Lipinski definition) is 1. The molecule has 0 aliphatic heterocycles. The molecule has 0 saturated heterocycles. The van der Waals surface area contributed by atoms with Gasteiger partial charge in [-0.2, -0.15) is 5.26 Å². The normalized spacial score (nSPS) is 10.0. The number of amides is 1. The average molecular weight is 280 g/mol. The summed E-state index contributed by atoms with van der Waals surface area (Å²) in [6.45, 7) is 3.85. The first-order valence-electron chi connectivity index (χ1n) is 6.67. The van der Waals surface area contributed by atoms with Gasteiger partial charge in [-0.1, -0.05) is 18.2 Å². The van der Waals surface area contributed by atoms with Gasteiger partial charge in [-0.15, -0.1) is 0 Å². The summed E-state index contributed by atoms with van der Waals surface area (Å²) >= 11 is 0. The van der Waals surface area contributed by atoms with Crippen molar-refractivity contribution >= 4 is 11.6 Å². The van der Waals surface area contributed by atoms with Crippen LogP contribution in [0.2, 0.25) is 0 Å². The van der Waals surface area contributed by atoms with E-state index in [-0.39, 0.29) is 12.0 Å². The summed E-state index contributed by atoms with van der Waals surface area (Å²) in [5.74, 6) is 0.351. The molecule has 0 aliphatic carbocycles. The molecule has 1 N–H and O–H groups in total. The van der Waals surface area contributed by atoms with Crippen molar-refractivity contribution in [2.45, 2.75) is 20.0 Å². The van der Waals surface area contributed by atoms with Crippen LogP contribution in [0.1, 0.15) is 29.8 Å². The van der Waals surface area contributed by atoms with Crippen LogP contribution >= 0.6 is 0 Å². The van der Waals surface area contributed by atoms with Gasteiger partial charge in [-0.05, 0) is 44.2 Å². The van der Waals surface area contributed by atoms with Crippen LogP contribution in [-0.4, -0.2) is 12.0 Å². The molecule has 0 heterocycles. The van der Waals surface area contributed by atoms with Crippen molar-refractivity contribution in [3.05, 3.63) is 59.7 Å². The van der Waals surface area contributed by atoms with Gasteiger partial charge in [0.1, 0.15) is 5.75 Å². The quantitative estimate of drug-likeness (QED) is 0.930. The minimum Gasteiger partial charge on any atom is -0.489 e. The molecule has 0 atom stereocenters. The minimum atomic E-state index is -0.271. The highest BCUT2D eigenvalue weighted by molar-refractivity contribution is 6.05. The molecule has 0 spiro atoms. The Labute approximate surface area is 124 Å². The van der Waals surface area contributed by atoms with E-state index in [4.69, 9.17) is 10.00 Å². The number of carbonyl (C=O) groups is 1. The number of carbonyl (C=O) groups excluding carboxylic acids is 1. The summed E-state index contributed by atoms with van der Waals surface area (Å²) in [6, 6.07) is 15.9. The molecule has 0 fully saturated rings. The maximum atomic E-state index is 12.2. The van der Waals surface area contributed by atoms with Crippen LogP contribution in [0.15, 0.2) is 48.5 Å². The van der Waals surface area contributed by atoms with Crippen molar-refractivity contribution in [1.82, 2.24) is 0 Å². The summed E-state index contributed by atoms with van der Waals surface area (Å²) in [5.41, 5.74) is 1.50. The molecule has 0 saturated carbocycles. The molecule has 2 aromatic carbocycles. The summed E-state index contributed by atoms with van der Waals surface area (Å²) < 4.78 is 5.66. The summed E-state index contributed by atoms with van der Waals surface area (Å²) in [4.78, 5) is 12.2. The van der Waals surface area contributed by atoms with E-state index in [0.29, 0.717) is 22.6 Å².